The average Bonchev–Trinajstić information content (AvgIpc) is 3.74. The number of benzene rings is 6. The van der Waals surface area contributed by atoms with Crippen LogP contribution in [0, 0.1) is 5.92 Å². The third-order valence-corrected chi connectivity index (χ3v) is 11.4. The zero-order valence-corrected chi connectivity index (χ0v) is 28.8. The molecule has 0 saturated carbocycles. The molecule has 6 aromatic carbocycles. The van der Waals surface area contributed by atoms with Crippen LogP contribution >= 0.6 is 11.3 Å². The average molecular weight is 673 g/mol. The van der Waals surface area contributed by atoms with Gasteiger partial charge in [-0.2, -0.15) is 0 Å². The Morgan fingerprint density at radius 3 is 2.12 bits per heavy atom. The van der Waals surface area contributed by atoms with Gasteiger partial charge in [0, 0.05) is 53.7 Å². The van der Waals surface area contributed by atoms with Gasteiger partial charge in [0.05, 0.1) is 11.0 Å². The molecule has 4 nitrogen and oxygen atoms in total. The molecule has 0 fully saturated rings. The normalized spacial score (nSPS) is 15.8. The summed E-state index contributed by atoms with van der Waals surface area (Å²) in [4.78, 5) is 15.4. The fraction of sp³-hybridized carbons (Fsp3) is 0.0652. The van der Waals surface area contributed by atoms with Crippen LogP contribution in [0.5, 0.6) is 0 Å². The molecular weight excluding hydrogens is 641 g/mol. The molecule has 10 rings (SSSR count). The Morgan fingerprint density at radius 2 is 1.25 bits per heavy atom. The molecule has 51 heavy (non-hydrogen) atoms. The standard InChI is InChI=1S/C46H32N4S/c1-29-14-8-9-19-33(29)45-47-44(30-15-4-2-5-16-30)48-46(49-45)37-23-12-22-36-42-34(21-13-25-41(42)51-43(36)37)31-26-27-40-38(28-31)35-20-10-11-24-39(35)50(40)32-17-6-3-7-18-32/h2-29,33H,1H3. The number of fused-ring (bicyclic) bond motifs is 6. The number of nitrogens with zero attached hydrogens (tertiary/aromatic N) is 4. The molecule has 0 spiro atoms. The quantitative estimate of drug-likeness (QED) is 0.183. The number of allylic oxidation sites excluding steroid dienone is 4. The van der Waals surface area contributed by atoms with Crippen molar-refractivity contribution in [3.63, 3.8) is 0 Å². The van der Waals surface area contributed by atoms with Crippen molar-refractivity contribution in [3.8, 4) is 39.6 Å². The van der Waals surface area contributed by atoms with Crippen molar-refractivity contribution < 1.29 is 0 Å². The lowest BCUT2D eigenvalue weighted by Gasteiger charge is -2.20. The predicted octanol–water partition coefficient (Wildman–Crippen LogP) is 12.2. The maximum atomic E-state index is 5.19. The first-order valence-electron chi connectivity index (χ1n) is 17.4. The third kappa shape index (κ3) is 4.92. The lowest BCUT2D eigenvalue weighted by Crippen LogP contribution is -2.13. The molecule has 0 amide bonds. The molecule has 0 N–H and O–H groups in total. The summed E-state index contributed by atoms with van der Waals surface area (Å²) in [7, 11) is 0. The maximum Gasteiger partial charge on any atom is 0.165 e. The number of hydrogen-bond acceptors (Lipinski definition) is 4. The van der Waals surface area contributed by atoms with Gasteiger partial charge in [0.25, 0.3) is 0 Å². The van der Waals surface area contributed by atoms with Gasteiger partial charge in [-0.15, -0.1) is 11.3 Å². The minimum Gasteiger partial charge on any atom is -0.309 e. The van der Waals surface area contributed by atoms with E-state index < -0.39 is 0 Å². The van der Waals surface area contributed by atoms with Gasteiger partial charge in [-0.25, -0.2) is 15.0 Å². The summed E-state index contributed by atoms with van der Waals surface area (Å²) in [6, 6.07) is 49.8. The van der Waals surface area contributed by atoms with Crippen LogP contribution in [-0.4, -0.2) is 19.5 Å². The van der Waals surface area contributed by atoms with Gasteiger partial charge < -0.3 is 4.57 Å². The summed E-state index contributed by atoms with van der Waals surface area (Å²) in [5, 5.41) is 4.97. The van der Waals surface area contributed by atoms with E-state index in [2.05, 4.69) is 157 Å². The van der Waals surface area contributed by atoms with Crippen LogP contribution in [0.4, 0.5) is 0 Å². The SMILES string of the molecule is CC1C=CC=CC1c1nc(-c2ccccc2)nc(-c2cccc3c2sc2cccc(-c4ccc5c(c4)c4ccccc4n5-c4ccccc4)c23)n1. The number of aromatic nitrogens is 4. The van der Waals surface area contributed by atoms with Crippen LogP contribution in [0.1, 0.15) is 18.7 Å². The lowest BCUT2D eigenvalue weighted by molar-refractivity contribution is 0.600. The minimum atomic E-state index is 0.0789. The highest BCUT2D eigenvalue weighted by atomic mass is 32.1. The van der Waals surface area contributed by atoms with E-state index in [0.717, 1.165) is 22.6 Å². The molecule has 1 aliphatic rings. The smallest absolute Gasteiger partial charge is 0.165 e. The van der Waals surface area contributed by atoms with E-state index >= 15 is 0 Å². The first-order valence-corrected chi connectivity index (χ1v) is 18.2. The van der Waals surface area contributed by atoms with Gasteiger partial charge in [-0.1, -0.05) is 128 Å². The van der Waals surface area contributed by atoms with Crippen LogP contribution in [-0.2, 0) is 0 Å². The van der Waals surface area contributed by atoms with Crippen molar-refractivity contribution in [1.82, 2.24) is 19.5 Å². The van der Waals surface area contributed by atoms with E-state index in [1.54, 1.807) is 0 Å². The van der Waals surface area contributed by atoms with Crippen LogP contribution in [0.2, 0.25) is 0 Å². The van der Waals surface area contributed by atoms with Crippen molar-refractivity contribution in [2.75, 3.05) is 0 Å². The van der Waals surface area contributed by atoms with E-state index in [1.165, 1.54) is 53.1 Å². The molecule has 2 unspecified atom stereocenters. The van der Waals surface area contributed by atoms with Crippen LogP contribution < -0.4 is 0 Å². The second-order valence-corrected chi connectivity index (χ2v) is 14.3. The van der Waals surface area contributed by atoms with E-state index in [0.29, 0.717) is 11.6 Å². The minimum absolute atomic E-state index is 0.0789. The molecule has 1 aliphatic carbocycles. The van der Waals surface area contributed by atoms with Crippen molar-refractivity contribution in [1.29, 1.82) is 0 Å². The molecule has 3 heterocycles. The van der Waals surface area contributed by atoms with Crippen molar-refractivity contribution in [2.24, 2.45) is 5.92 Å². The van der Waals surface area contributed by atoms with Gasteiger partial charge in [-0.05, 0) is 59.5 Å². The fourth-order valence-electron chi connectivity index (χ4n) is 7.68. The van der Waals surface area contributed by atoms with E-state index in [1.807, 2.05) is 29.5 Å². The molecule has 0 radical (unpaired) electrons. The van der Waals surface area contributed by atoms with Crippen molar-refractivity contribution in [3.05, 3.63) is 170 Å². The second kappa shape index (κ2) is 12.0. The van der Waals surface area contributed by atoms with E-state index in [-0.39, 0.29) is 11.8 Å². The molecule has 242 valence electrons. The first kappa shape index (κ1) is 29.7. The maximum absolute atomic E-state index is 5.19. The van der Waals surface area contributed by atoms with Gasteiger partial charge in [0.1, 0.15) is 5.82 Å². The summed E-state index contributed by atoms with van der Waals surface area (Å²) >= 11 is 1.81. The van der Waals surface area contributed by atoms with Gasteiger partial charge >= 0.3 is 0 Å². The Bertz CT molecular complexity index is 2830. The van der Waals surface area contributed by atoms with Crippen LogP contribution in [0.15, 0.2) is 164 Å². The van der Waals surface area contributed by atoms with Gasteiger partial charge in [0.2, 0.25) is 0 Å². The molecule has 0 bridgehead atoms. The van der Waals surface area contributed by atoms with E-state index in [9.17, 15) is 0 Å². The lowest BCUT2D eigenvalue weighted by atomic mass is 9.89. The van der Waals surface area contributed by atoms with Crippen molar-refractivity contribution in [2.45, 2.75) is 12.8 Å². The summed E-state index contributed by atoms with van der Waals surface area (Å²) < 4.78 is 4.80. The number of rotatable bonds is 5. The van der Waals surface area contributed by atoms with Crippen LogP contribution in [0.3, 0.4) is 0 Å². The molecule has 2 atom stereocenters. The van der Waals surface area contributed by atoms with Gasteiger partial charge in [-0.3, -0.25) is 0 Å². The number of thiophene rings is 1. The molecule has 9 aromatic rings. The molecule has 0 saturated heterocycles. The molecule has 0 aliphatic heterocycles. The van der Waals surface area contributed by atoms with Crippen LogP contribution in [0.25, 0.3) is 81.6 Å². The Balaban J connectivity index is 1.17. The number of para-hydroxylation sites is 2. The zero-order chi connectivity index (χ0) is 33.9. The molecular formula is C46H32N4S. The fourth-order valence-corrected chi connectivity index (χ4v) is 8.92. The monoisotopic (exact) mass is 672 g/mol. The van der Waals surface area contributed by atoms with Crippen molar-refractivity contribution >= 4 is 53.3 Å². The summed E-state index contributed by atoms with van der Waals surface area (Å²) in [5.74, 6) is 2.58. The third-order valence-electron chi connectivity index (χ3n) is 10.2. The highest BCUT2D eigenvalue weighted by Gasteiger charge is 2.24. The number of hydrogen-bond donors (Lipinski definition) is 0. The highest BCUT2D eigenvalue weighted by Crippen LogP contribution is 2.45. The summed E-state index contributed by atoms with van der Waals surface area (Å²) in [6.45, 7) is 2.22. The first-order chi connectivity index (χ1) is 25.2. The Labute approximate surface area is 299 Å². The zero-order valence-electron chi connectivity index (χ0n) is 27.9. The van der Waals surface area contributed by atoms with Gasteiger partial charge in [0.15, 0.2) is 11.6 Å². The Hall–Kier alpha value is -6.17. The summed E-state index contributed by atoms with van der Waals surface area (Å²) in [6.07, 6.45) is 8.64. The molecule has 5 heteroatoms. The highest BCUT2D eigenvalue weighted by molar-refractivity contribution is 7.26. The van der Waals surface area contributed by atoms with E-state index in [4.69, 9.17) is 15.0 Å². The second-order valence-electron chi connectivity index (χ2n) is 13.2. The predicted molar refractivity (Wildman–Crippen MR) is 214 cm³/mol. The Morgan fingerprint density at radius 1 is 0.549 bits per heavy atom. The topological polar surface area (TPSA) is 43.6 Å². The largest absolute Gasteiger partial charge is 0.309 e. The Kier molecular flexibility index (Phi) is 7.00. The molecule has 3 aromatic heterocycles. The summed E-state index contributed by atoms with van der Waals surface area (Å²) in [5.41, 5.74) is 8.02.